The van der Waals surface area contributed by atoms with E-state index in [1.807, 2.05) is 0 Å². The van der Waals surface area contributed by atoms with Crippen molar-refractivity contribution in [2.24, 2.45) is 5.92 Å². The summed E-state index contributed by atoms with van der Waals surface area (Å²) >= 11 is 0. The summed E-state index contributed by atoms with van der Waals surface area (Å²) in [6.45, 7) is 15.7. The Labute approximate surface area is 164 Å². The maximum absolute atomic E-state index is 11.6. The highest BCUT2D eigenvalue weighted by molar-refractivity contribution is 6.74. The largest absolute Gasteiger partial charge is 0.493 e. The van der Waals surface area contributed by atoms with Crippen molar-refractivity contribution < 1.29 is 18.8 Å². The number of hydrogen-bond donors (Lipinski definition) is 0. The van der Waals surface area contributed by atoms with Crippen LogP contribution in [0.2, 0.25) is 18.1 Å². The first kappa shape index (κ1) is 23.4. The van der Waals surface area contributed by atoms with Gasteiger partial charge in [-0.25, -0.2) is 0 Å². The van der Waals surface area contributed by atoms with Gasteiger partial charge in [0.1, 0.15) is 0 Å². The number of ether oxygens (including phenoxy) is 2. The molecule has 1 rings (SSSR count). The van der Waals surface area contributed by atoms with Crippen molar-refractivity contribution in [3.05, 3.63) is 27.8 Å². The van der Waals surface area contributed by atoms with Gasteiger partial charge >= 0.3 is 0 Å². The van der Waals surface area contributed by atoms with Gasteiger partial charge < -0.3 is 13.9 Å². The summed E-state index contributed by atoms with van der Waals surface area (Å²) in [4.78, 5) is 11.2. The van der Waals surface area contributed by atoms with Crippen molar-refractivity contribution in [3.8, 4) is 11.5 Å². The molecule has 0 aliphatic rings. The number of benzene rings is 1. The predicted octanol–water partition coefficient (Wildman–Crippen LogP) is 5.94. The van der Waals surface area contributed by atoms with Gasteiger partial charge in [-0.05, 0) is 43.0 Å². The van der Waals surface area contributed by atoms with Gasteiger partial charge in [-0.1, -0.05) is 34.6 Å². The molecule has 0 unspecified atom stereocenters. The van der Waals surface area contributed by atoms with E-state index in [-0.39, 0.29) is 22.3 Å². The van der Waals surface area contributed by atoms with E-state index in [1.54, 1.807) is 13.2 Å². The van der Waals surface area contributed by atoms with Gasteiger partial charge in [-0.15, -0.1) is 0 Å². The molecule has 0 bridgehead atoms. The molecule has 0 atom stereocenters. The molecule has 0 saturated carbocycles. The van der Waals surface area contributed by atoms with E-state index in [0.717, 1.165) is 12.8 Å². The number of nitrogens with zero attached hydrogens (tertiary/aromatic N) is 1. The van der Waals surface area contributed by atoms with E-state index in [1.165, 1.54) is 6.07 Å². The summed E-state index contributed by atoms with van der Waals surface area (Å²) < 4.78 is 17.3. The Morgan fingerprint density at radius 2 is 1.81 bits per heavy atom. The molecule has 0 amide bonds. The highest BCUT2D eigenvalue weighted by Gasteiger charge is 2.37. The number of hydrogen-bond acceptors (Lipinski definition) is 5. The van der Waals surface area contributed by atoms with Crippen LogP contribution < -0.4 is 9.47 Å². The quantitative estimate of drug-likeness (QED) is 0.211. The van der Waals surface area contributed by atoms with Crippen LogP contribution in [0.4, 0.5) is 5.69 Å². The van der Waals surface area contributed by atoms with Crippen LogP contribution in [0.25, 0.3) is 0 Å². The zero-order chi connectivity index (χ0) is 20.8. The van der Waals surface area contributed by atoms with E-state index in [0.29, 0.717) is 29.6 Å². The molecule has 27 heavy (non-hydrogen) atoms. The van der Waals surface area contributed by atoms with Crippen LogP contribution in [0, 0.1) is 16.0 Å². The van der Waals surface area contributed by atoms with Crippen molar-refractivity contribution in [1.29, 1.82) is 0 Å². The number of rotatable bonds is 10. The minimum Gasteiger partial charge on any atom is -0.493 e. The Balaban J connectivity index is 3.03. The van der Waals surface area contributed by atoms with Gasteiger partial charge in [0.25, 0.3) is 5.69 Å². The third-order valence-corrected chi connectivity index (χ3v) is 9.62. The second-order valence-electron chi connectivity index (χ2n) is 8.82. The summed E-state index contributed by atoms with van der Waals surface area (Å²) in [6, 6.07) is 3.13. The highest BCUT2D eigenvalue weighted by atomic mass is 28.4. The summed E-state index contributed by atoms with van der Waals surface area (Å²) in [6.07, 6.45) is 1.94. The third kappa shape index (κ3) is 6.81. The standard InChI is InChI=1S/C20H35NO5Si/c1-15(2)10-9-11-25-19-13-17(21(22)23)16(12-18(19)24-6)14-26-27(7,8)20(3,4)5/h12-13,15H,9-11,14H2,1-8H3. The number of nitro groups is 1. The van der Waals surface area contributed by atoms with Crippen LogP contribution in [-0.2, 0) is 11.0 Å². The van der Waals surface area contributed by atoms with Gasteiger partial charge in [-0.3, -0.25) is 10.1 Å². The van der Waals surface area contributed by atoms with Crippen LogP contribution in [0.5, 0.6) is 11.5 Å². The first-order valence-corrected chi connectivity index (χ1v) is 12.4. The third-order valence-electron chi connectivity index (χ3n) is 5.14. The molecule has 1 aromatic carbocycles. The second-order valence-corrected chi connectivity index (χ2v) is 13.6. The molecule has 0 spiro atoms. The maximum Gasteiger partial charge on any atom is 0.278 e. The lowest BCUT2D eigenvalue weighted by Crippen LogP contribution is -2.40. The fourth-order valence-electron chi connectivity index (χ4n) is 2.30. The first-order valence-electron chi connectivity index (χ1n) is 9.51. The molecule has 7 heteroatoms. The summed E-state index contributed by atoms with van der Waals surface area (Å²) in [5.41, 5.74) is 0.518. The topological polar surface area (TPSA) is 70.8 Å². The molecule has 154 valence electrons. The Bertz CT molecular complexity index is 638. The normalized spacial score (nSPS) is 12.3. The van der Waals surface area contributed by atoms with Gasteiger partial charge in [-0.2, -0.15) is 0 Å². The molecule has 6 nitrogen and oxygen atoms in total. The van der Waals surface area contributed by atoms with Crippen LogP contribution in [0.15, 0.2) is 12.1 Å². The van der Waals surface area contributed by atoms with Crippen molar-refractivity contribution in [1.82, 2.24) is 0 Å². The monoisotopic (exact) mass is 397 g/mol. The Morgan fingerprint density at radius 3 is 2.30 bits per heavy atom. The fourth-order valence-corrected chi connectivity index (χ4v) is 3.25. The molecule has 0 heterocycles. The lowest BCUT2D eigenvalue weighted by atomic mass is 10.1. The van der Waals surface area contributed by atoms with Crippen LogP contribution >= 0.6 is 0 Å². The lowest BCUT2D eigenvalue weighted by molar-refractivity contribution is -0.385. The van der Waals surface area contributed by atoms with Crippen molar-refractivity contribution >= 4 is 14.0 Å². The zero-order valence-corrected chi connectivity index (χ0v) is 19.0. The van der Waals surface area contributed by atoms with Crippen molar-refractivity contribution in [2.75, 3.05) is 13.7 Å². The van der Waals surface area contributed by atoms with Crippen molar-refractivity contribution in [3.63, 3.8) is 0 Å². The molecule has 0 aliphatic carbocycles. The van der Waals surface area contributed by atoms with E-state index < -0.39 is 8.32 Å². The minimum atomic E-state index is -2.02. The molecule has 0 N–H and O–H groups in total. The van der Waals surface area contributed by atoms with Crippen LogP contribution in [0.3, 0.4) is 0 Å². The molecule has 0 radical (unpaired) electrons. The van der Waals surface area contributed by atoms with Gasteiger partial charge in [0, 0.05) is 0 Å². The summed E-state index contributed by atoms with van der Waals surface area (Å²) in [5, 5.41) is 11.6. The number of methoxy groups -OCH3 is 1. The second kappa shape index (κ2) is 9.55. The minimum absolute atomic E-state index is 0.00775. The first-order chi connectivity index (χ1) is 12.4. The van der Waals surface area contributed by atoms with E-state index in [2.05, 4.69) is 47.7 Å². The smallest absolute Gasteiger partial charge is 0.278 e. The molecule has 1 aromatic rings. The molecular formula is C20H35NO5Si. The van der Waals surface area contributed by atoms with Gasteiger partial charge in [0.2, 0.25) is 0 Å². The Kier molecular flexibility index (Phi) is 8.29. The SMILES string of the molecule is COc1cc(CO[Si](C)(C)C(C)(C)C)c([N+](=O)[O-])cc1OCCCC(C)C. The van der Waals surface area contributed by atoms with E-state index in [4.69, 9.17) is 13.9 Å². The summed E-state index contributed by atoms with van der Waals surface area (Å²) in [7, 11) is -0.476. The molecule has 0 fully saturated rings. The molecule has 0 aromatic heterocycles. The van der Waals surface area contributed by atoms with E-state index in [9.17, 15) is 10.1 Å². The van der Waals surface area contributed by atoms with Crippen molar-refractivity contribution in [2.45, 2.75) is 72.2 Å². The van der Waals surface area contributed by atoms with Gasteiger partial charge in [0.15, 0.2) is 19.8 Å². The molecule has 0 aliphatic heterocycles. The predicted molar refractivity (Wildman–Crippen MR) is 111 cm³/mol. The average molecular weight is 398 g/mol. The fraction of sp³-hybridized carbons (Fsp3) is 0.700. The maximum atomic E-state index is 11.6. The Morgan fingerprint density at radius 1 is 1.19 bits per heavy atom. The molecular weight excluding hydrogens is 362 g/mol. The van der Waals surface area contributed by atoms with Crippen LogP contribution in [-0.4, -0.2) is 27.0 Å². The number of nitro benzene ring substituents is 1. The molecule has 0 saturated heterocycles. The van der Waals surface area contributed by atoms with Crippen LogP contribution in [0.1, 0.15) is 53.0 Å². The van der Waals surface area contributed by atoms with E-state index >= 15 is 0 Å². The summed E-state index contributed by atoms with van der Waals surface area (Å²) in [5.74, 6) is 1.50. The zero-order valence-electron chi connectivity index (χ0n) is 18.0. The lowest BCUT2D eigenvalue weighted by Gasteiger charge is -2.36. The Hall–Kier alpha value is -1.60. The van der Waals surface area contributed by atoms with Gasteiger partial charge in [0.05, 0.1) is 36.9 Å². The average Bonchev–Trinajstić information content (AvgIpc) is 2.55. The highest BCUT2D eigenvalue weighted by Crippen LogP contribution is 2.39.